The monoisotopic (exact) mass is 267 g/mol. The number of nitrogens with two attached hydrogens (primary N) is 1. The zero-order valence-corrected chi connectivity index (χ0v) is 11.6. The molecular weight excluding hydrogens is 250 g/mol. The summed E-state index contributed by atoms with van der Waals surface area (Å²) in [5.41, 5.74) is 8.91. The molecule has 4 heteroatoms. The number of benzene rings is 2. The Morgan fingerprint density at radius 3 is 2.50 bits per heavy atom. The maximum absolute atomic E-state index is 9.18. The van der Waals surface area contributed by atoms with Gasteiger partial charge in [0.25, 0.3) is 0 Å². The Hall–Kier alpha value is -2.67. The molecule has 0 spiro atoms. The molecular formula is C16H17N3O. The molecule has 0 heterocycles. The number of anilines is 2. The summed E-state index contributed by atoms with van der Waals surface area (Å²) in [5.74, 6) is 0.835. The minimum atomic E-state index is 0.584. The first-order valence-electron chi connectivity index (χ1n) is 6.27. The standard InChI is InChI=1S/C16H17N3O/c1-19(11-12-3-6-15(20-2)7-4-12)16-8-5-14(18)9-13(16)10-17/h3-9H,11,18H2,1-2H3. The number of hydrogen-bond acceptors (Lipinski definition) is 4. The highest BCUT2D eigenvalue weighted by Gasteiger charge is 2.08. The fourth-order valence-corrected chi connectivity index (χ4v) is 2.07. The molecule has 0 aromatic heterocycles. The van der Waals surface area contributed by atoms with Crippen LogP contribution in [0.3, 0.4) is 0 Å². The van der Waals surface area contributed by atoms with Gasteiger partial charge in [-0.3, -0.25) is 0 Å². The van der Waals surface area contributed by atoms with Crippen LogP contribution < -0.4 is 15.4 Å². The van der Waals surface area contributed by atoms with Crippen molar-refractivity contribution in [1.29, 1.82) is 5.26 Å². The van der Waals surface area contributed by atoms with Crippen LogP contribution in [-0.2, 0) is 6.54 Å². The van der Waals surface area contributed by atoms with Crippen molar-refractivity contribution in [2.24, 2.45) is 0 Å². The highest BCUT2D eigenvalue weighted by molar-refractivity contribution is 5.64. The first kappa shape index (κ1) is 13.8. The van der Waals surface area contributed by atoms with Crippen LogP contribution in [0.15, 0.2) is 42.5 Å². The topological polar surface area (TPSA) is 62.3 Å². The van der Waals surface area contributed by atoms with E-state index in [4.69, 9.17) is 10.5 Å². The second-order valence-corrected chi connectivity index (χ2v) is 4.59. The number of nitrogens with zero attached hydrogens (tertiary/aromatic N) is 2. The molecule has 0 saturated heterocycles. The van der Waals surface area contributed by atoms with E-state index in [2.05, 4.69) is 6.07 Å². The second kappa shape index (κ2) is 5.98. The van der Waals surface area contributed by atoms with Crippen molar-refractivity contribution in [2.45, 2.75) is 6.54 Å². The van der Waals surface area contributed by atoms with E-state index in [0.717, 1.165) is 17.0 Å². The summed E-state index contributed by atoms with van der Waals surface area (Å²) in [6, 6.07) is 15.4. The molecule has 0 aliphatic rings. The van der Waals surface area contributed by atoms with Gasteiger partial charge in [-0.25, -0.2) is 0 Å². The molecule has 2 aromatic rings. The van der Waals surface area contributed by atoms with E-state index in [1.807, 2.05) is 42.3 Å². The molecule has 0 atom stereocenters. The normalized spacial score (nSPS) is 9.85. The Bertz CT molecular complexity index is 629. The van der Waals surface area contributed by atoms with Gasteiger partial charge < -0.3 is 15.4 Å². The van der Waals surface area contributed by atoms with Gasteiger partial charge in [0, 0.05) is 19.3 Å². The van der Waals surface area contributed by atoms with E-state index < -0.39 is 0 Å². The molecule has 0 amide bonds. The van der Waals surface area contributed by atoms with E-state index in [-0.39, 0.29) is 0 Å². The van der Waals surface area contributed by atoms with E-state index in [0.29, 0.717) is 17.8 Å². The Kier molecular flexibility index (Phi) is 4.11. The predicted molar refractivity (Wildman–Crippen MR) is 80.7 cm³/mol. The van der Waals surface area contributed by atoms with Crippen LogP contribution in [0.2, 0.25) is 0 Å². The van der Waals surface area contributed by atoms with Crippen LogP contribution >= 0.6 is 0 Å². The Labute approximate surface area is 119 Å². The van der Waals surface area contributed by atoms with Crippen LogP contribution in [0.25, 0.3) is 0 Å². The van der Waals surface area contributed by atoms with Gasteiger partial charge in [-0.1, -0.05) is 12.1 Å². The lowest BCUT2D eigenvalue weighted by Crippen LogP contribution is -2.17. The lowest BCUT2D eigenvalue weighted by Gasteiger charge is -2.21. The smallest absolute Gasteiger partial charge is 0.118 e. The minimum Gasteiger partial charge on any atom is -0.497 e. The maximum Gasteiger partial charge on any atom is 0.118 e. The van der Waals surface area contributed by atoms with Gasteiger partial charge in [0.2, 0.25) is 0 Å². The van der Waals surface area contributed by atoms with Crippen LogP contribution in [-0.4, -0.2) is 14.2 Å². The number of rotatable bonds is 4. The number of hydrogen-bond donors (Lipinski definition) is 1. The molecule has 0 fully saturated rings. The zero-order chi connectivity index (χ0) is 14.5. The van der Waals surface area contributed by atoms with Crippen LogP contribution in [0, 0.1) is 11.3 Å². The largest absolute Gasteiger partial charge is 0.497 e. The highest BCUT2D eigenvalue weighted by Crippen LogP contribution is 2.23. The molecule has 102 valence electrons. The third-order valence-corrected chi connectivity index (χ3v) is 3.13. The van der Waals surface area contributed by atoms with Crippen LogP contribution in [0.1, 0.15) is 11.1 Å². The molecule has 4 nitrogen and oxygen atoms in total. The third kappa shape index (κ3) is 3.01. The van der Waals surface area contributed by atoms with Gasteiger partial charge in [0.05, 0.1) is 18.4 Å². The molecule has 0 bridgehead atoms. The summed E-state index contributed by atoms with van der Waals surface area (Å²) < 4.78 is 5.14. The fourth-order valence-electron chi connectivity index (χ4n) is 2.07. The SMILES string of the molecule is COc1ccc(CN(C)c2ccc(N)cc2C#N)cc1. The Morgan fingerprint density at radius 1 is 1.20 bits per heavy atom. The van der Waals surface area contributed by atoms with Gasteiger partial charge in [0.1, 0.15) is 11.8 Å². The molecule has 0 aliphatic carbocycles. The van der Waals surface area contributed by atoms with Gasteiger partial charge in [-0.05, 0) is 35.9 Å². The van der Waals surface area contributed by atoms with Crippen molar-refractivity contribution in [1.82, 2.24) is 0 Å². The van der Waals surface area contributed by atoms with Crippen molar-refractivity contribution < 1.29 is 4.74 Å². The van der Waals surface area contributed by atoms with Crippen molar-refractivity contribution in [2.75, 3.05) is 24.8 Å². The van der Waals surface area contributed by atoms with E-state index in [1.54, 1.807) is 19.2 Å². The van der Waals surface area contributed by atoms with Gasteiger partial charge in [0.15, 0.2) is 0 Å². The van der Waals surface area contributed by atoms with E-state index in [9.17, 15) is 5.26 Å². The fraction of sp³-hybridized carbons (Fsp3) is 0.188. The maximum atomic E-state index is 9.18. The number of methoxy groups -OCH3 is 1. The summed E-state index contributed by atoms with van der Waals surface area (Å²) in [6.07, 6.45) is 0. The lowest BCUT2D eigenvalue weighted by atomic mass is 10.1. The van der Waals surface area contributed by atoms with E-state index >= 15 is 0 Å². The molecule has 2 N–H and O–H groups in total. The quantitative estimate of drug-likeness (QED) is 0.865. The molecule has 0 saturated carbocycles. The second-order valence-electron chi connectivity index (χ2n) is 4.59. The summed E-state index contributed by atoms with van der Waals surface area (Å²) in [5, 5.41) is 9.18. The predicted octanol–water partition coefficient (Wildman–Crippen LogP) is 2.79. The first-order chi connectivity index (χ1) is 9.63. The Morgan fingerprint density at radius 2 is 1.90 bits per heavy atom. The summed E-state index contributed by atoms with van der Waals surface area (Å²) in [4.78, 5) is 2.03. The molecule has 0 radical (unpaired) electrons. The molecule has 2 aromatic carbocycles. The number of ether oxygens (including phenoxy) is 1. The average Bonchev–Trinajstić information content (AvgIpc) is 2.47. The summed E-state index contributed by atoms with van der Waals surface area (Å²) >= 11 is 0. The van der Waals surface area contributed by atoms with Crippen LogP contribution in [0.4, 0.5) is 11.4 Å². The van der Waals surface area contributed by atoms with Crippen molar-refractivity contribution in [3.8, 4) is 11.8 Å². The Balaban J connectivity index is 2.19. The number of nitrogen functional groups attached to an aromatic ring is 1. The van der Waals surface area contributed by atoms with Crippen molar-refractivity contribution in [3.05, 3.63) is 53.6 Å². The van der Waals surface area contributed by atoms with Gasteiger partial charge in [-0.2, -0.15) is 5.26 Å². The molecule has 2 rings (SSSR count). The summed E-state index contributed by atoms with van der Waals surface area (Å²) in [7, 11) is 3.60. The molecule has 0 aliphatic heterocycles. The molecule has 0 unspecified atom stereocenters. The minimum absolute atomic E-state index is 0.584. The van der Waals surface area contributed by atoms with E-state index in [1.165, 1.54) is 0 Å². The average molecular weight is 267 g/mol. The van der Waals surface area contributed by atoms with Crippen molar-refractivity contribution >= 4 is 11.4 Å². The van der Waals surface area contributed by atoms with Crippen molar-refractivity contribution in [3.63, 3.8) is 0 Å². The van der Waals surface area contributed by atoms with Gasteiger partial charge >= 0.3 is 0 Å². The first-order valence-corrected chi connectivity index (χ1v) is 6.27. The van der Waals surface area contributed by atoms with Gasteiger partial charge in [-0.15, -0.1) is 0 Å². The van der Waals surface area contributed by atoms with Crippen LogP contribution in [0.5, 0.6) is 5.75 Å². The third-order valence-electron chi connectivity index (χ3n) is 3.13. The molecule has 20 heavy (non-hydrogen) atoms. The number of nitriles is 1. The highest BCUT2D eigenvalue weighted by atomic mass is 16.5. The zero-order valence-electron chi connectivity index (χ0n) is 11.6. The summed E-state index contributed by atoms with van der Waals surface area (Å²) in [6.45, 7) is 0.711. The lowest BCUT2D eigenvalue weighted by molar-refractivity contribution is 0.414.